The molecular formula is C27H32N2O9S. The molecule has 11 nitrogen and oxygen atoms in total. The minimum atomic E-state index is -1.30. The van der Waals surface area contributed by atoms with E-state index in [4.69, 9.17) is 18.9 Å². The van der Waals surface area contributed by atoms with Gasteiger partial charge in [-0.1, -0.05) is 30.3 Å². The van der Waals surface area contributed by atoms with Crippen LogP contribution in [0.15, 0.2) is 41.6 Å². The first-order valence-corrected chi connectivity index (χ1v) is 13.4. The van der Waals surface area contributed by atoms with Crippen molar-refractivity contribution in [2.75, 3.05) is 27.9 Å². The zero-order chi connectivity index (χ0) is 28.6. The van der Waals surface area contributed by atoms with Crippen LogP contribution in [-0.4, -0.2) is 89.8 Å². The average Bonchev–Trinajstić information content (AvgIpc) is 3.36. The van der Waals surface area contributed by atoms with Gasteiger partial charge in [0.2, 0.25) is 5.91 Å². The molecule has 0 N–H and O–H groups in total. The van der Waals surface area contributed by atoms with Gasteiger partial charge in [-0.05, 0) is 31.9 Å². The molecule has 210 valence electrons. The number of carbonyl (C=O) groups excluding carboxylic acids is 5. The van der Waals surface area contributed by atoms with Crippen molar-refractivity contribution in [1.29, 1.82) is 0 Å². The highest BCUT2D eigenvalue weighted by atomic mass is 32.2. The van der Waals surface area contributed by atoms with Gasteiger partial charge in [0.15, 0.2) is 0 Å². The molecule has 3 saturated heterocycles. The van der Waals surface area contributed by atoms with Crippen LogP contribution in [-0.2, 0) is 49.3 Å². The van der Waals surface area contributed by atoms with Crippen LogP contribution in [0, 0.1) is 11.8 Å². The van der Waals surface area contributed by atoms with Crippen molar-refractivity contribution < 1.29 is 42.9 Å². The Morgan fingerprint density at radius 3 is 2.13 bits per heavy atom. The fourth-order valence-corrected chi connectivity index (χ4v) is 8.06. The number of esters is 4. The van der Waals surface area contributed by atoms with Gasteiger partial charge in [0.1, 0.15) is 29.1 Å². The number of fused-ring (bicyclic) bond motifs is 3. The summed E-state index contributed by atoms with van der Waals surface area (Å²) in [7, 11) is 3.62. The topological polar surface area (TPSA) is 129 Å². The quantitative estimate of drug-likeness (QED) is 0.199. The number of hydrogen-bond acceptors (Lipinski definition) is 11. The van der Waals surface area contributed by atoms with Crippen LogP contribution in [0.25, 0.3) is 0 Å². The number of amides is 1. The molecule has 12 heteroatoms. The lowest BCUT2D eigenvalue weighted by Gasteiger charge is -2.46. The van der Waals surface area contributed by atoms with Crippen LogP contribution in [0.1, 0.15) is 26.3 Å². The lowest BCUT2D eigenvalue weighted by Crippen LogP contribution is -2.68. The first-order chi connectivity index (χ1) is 18.6. The van der Waals surface area contributed by atoms with E-state index in [2.05, 4.69) is 0 Å². The molecule has 0 saturated carbocycles. The highest BCUT2D eigenvalue weighted by Crippen LogP contribution is 2.64. The molecule has 6 atom stereocenters. The Kier molecular flexibility index (Phi) is 8.08. The fourth-order valence-electron chi connectivity index (χ4n) is 5.96. The Morgan fingerprint density at radius 2 is 1.59 bits per heavy atom. The molecule has 0 aromatic heterocycles. The van der Waals surface area contributed by atoms with Gasteiger partial charge in [-0.3, -0.25) is 29.0 Å². The number of thioether (sulfide) groups is 1. The third-order valence-electron chi connectivity index (χ3n) is 7.41. The predicted octanol–water partition coefficient (Wildman–Crippen LogP) is 1.50. The number of ether oxygens (including phenoxy) is 4. The molecular weight excluding hydrogens is 528 g/mol. The third kappa shape index (κ3) is 4.39. The molecule has 4 rings (SSSR count). The van der Waals surface area contributed by atoms with Crippen molar-refractivity contribution in [1.82, 2.24) is 9.80 Å². The maximum atomic E-state index is 13.8. The summed E-state index contributed by atoms with van der Waals surface area (Å²) in [5, 5.41) is -0.645. The Bertz CT molecular complexity index is 1210. The normalized spacial score (nSPS) is 29.0. The highest BCUT2D eigenvalue weighted by Gasteiger charge is 2.78. The first-order valence-electron chi connectivity index (χ1n) is 12.5. The second kappa shape index (κ2) is 11.0. The van der Waals surface area contributed by atoms with Crippen molar-refractivity contribution in [3.05, 3.63) is 47.2 Å². The molecule has 39 heavy (non-hydrogen) atoms. The number of rotatable bonds is 8. The Balaban J connectivity index is 1.94. The van der Waals surface area contributed by atoms with Gasteiger partial charge in [0.05, 0.1) is 38.7 Å². The summed E-state index contributed by atoms with van der Waals surface area (Å²) in [6, 6.07) is 7.02. The first kappa shape index (κ1) is 28.6. The highest BCUT2D eigenvalue weighted by molar-refractivity contribution is 8.01. The SMILES string of the molecule is CCOC(=O)C1C(C(=O)OC)C(C(=O)OC)C2(Cc3ccccc3)SC3C(C(=O)N3C(C(=O)OC)=C(C)C)N12. The van der Waals surface area contributed by atoms with Crippen LogP contribution in [0.5, 0.6) is 0 Å². The molecule has 3 aliphatic rings. The van der Waals surface area contributed by atoms with Gasteiger partial charge < -0.3 is 18.9 Å². The number of allylic oxidation sites excluding steroid dienone is 1. The van der Waals surface area contributed by atoms with E-state index in [1.54, 1.807) is 25.7 Å². The zero-order valence-electron chi connectivity index (χ0n) is 22.7. The maximum Gasteiger partial charge on any atom is 0.354 e. The summed E-state index contributed by atoms with van der Waals surface area (Å²) in [6.45, 7) is 5.04. The molecule has 3 aliphatic heterocycles. The van der Waals surface area contributed by atoms with E-state index in [0.717, 1.165) is 5.56 Å². The number of hydrogen-bond donors (Lipinski definition) is 0. The van der Waals surface area contributed by atoms with Gasteiger partial charge in [0, 0.05) is 6.42 Å². The molecule has 1 amide bonds. The minimum Gasteiger partial charge on any atom is -0.469 e. The van der Waals surface area contributed by atoms with Crippen LogP contribution in [0.4, 0.5) is 0 Å². The molecule has 0 spiro atoms. The lowest BCUT2D eigenvalue weighted by molar-refractivity contribution is -0.165. The van der Waals surface area contributed by atoms with E-state index >= 15 is 0 Å². The molecule has 0 aliphatic carbocycles. The summed E-state index contributed by atoms with van der Waals surface area (Å²) < 4.78 is 20.6. The maximum absolute atomic E-state index is 13.8. The third-order valence-corrected chi connectivity index (χ3v) is 9.14. The summed E-state index contributed by atoms with van der Waals surface area (Å²) in [4.78, 5) is 68.4. The van der Waals surface area contributed by atoms with Crippen LogP contribution < -0.4 is 0 Å². The van der Waals surface area contributed by atoms with Crippen molar-refractivity contribution in [2.45, 2.75) is 49.5 Å². The molecule has 0 bridgehead atoms. The Morgan fingerprint density at radius 1 is 0.949 bits per heavy atom. The van der Waals surface area contributed by atoms with Crippen molar-refractivity contribution in [3.8, 4) is 0 Å². The predicted molar refractivity (Wildman–Crippen MR) is 139 cm³/mol. The lowest BCUT2D eigenvalue weighted by atomic mass is 9.84. The summed E-state index contributed by atoms with van der Waals surface area (Å²) in [5.41, 5.74) is 1.48. The molecule has 3 heterocycles. The van der Waals surface area contributed by atoms with Gasteiger partial charge >= 0.3 is 23.9 Å². The molecule has 3 fully saturated rings. The molecule has 1 aromatic rings. The summed E-state index contributed by atoms with van der Waals surface area (Å²) in [6.07, 6.45) is 0.193. The summed E-state index contributed by atoms with van der Waals surface area (Å²) >= 11 is 1.25. The van der Waals surface area contributed by atoms with Crippen LogP contribution in [0.3, 0.4) is 0 Å². The second-order valence-electron chi connectivity index (χ2n) is 9.66. The standard InChI is InChI=1S/C27H32N2O9S/c1-7-38-26(34)19-16(23(31)35-4)17(24(32)36-5)27(13-15-11-9-8-10-12-15)29(19)20-21(30)28(22(20)39-27)18(14(2)3)25(33)37-6/h8-12,16-17,19-20,22H,7,13H2,1-6H3. The van der Waals surface area contributed by atoms with E-state index in [1.165, 1.54) is 38.0 Å². The van der Waals surface area contributed by atoms with E-state index < -0.39 is 63.9 Å². The van der Waals surface area contributed by atoms with Gasteiger partial charge in [0.25, 0.3) is 0 Å². The molecule has 6 unspecified atom stereocenters. The van der Waals surface area contributed by atoms with E-state index in [9.17, 15) is 24.0 Å². The zero-order valence-corrected chi connectivity index (χ0v) is 23.5. The smallest absolute Gasteiger partial charge is 0.354 e. The number of carbonyl (C=O) groups is 5. The minimum absolute atomic E-state index is 0.0250. The van der Waals surface area contributed by atoms with Crippen LogP contribution in [0.2, 0.25) is 0 Å². The van der Waals surface area contributed by atoms with E-state index in [1.807, 2.05) is 30.3 Å². The number of likely N-dealkylation sites (tertiary alicyclic amines) is 1. The van der Waals surface area contributed by atoms with E-state index in [-0.39, 0.29) is 18.7 Å². The Hall–Kier alpha value is -3.38. The van der Waals surface area contributed by atoms with Crippen molar-refractivity contribution >= 4 is 41.5 Å². The number of benzene rings is 1. The van der Waals surface area contributed by atoms with Crippen molar-refractivity contribution in [2.24, 2.45) is 11.8 Å². The van der Waals surface area contributed by atoms with Gasteiger partial charge in [-0.2, -0.15) is 0 Å². The fraction of sp³-hybridized carbons (Fsp3) is 0.519. The van der Waals surface area contributed by atoms with Crippen LogP contribution >= 0.6 is 11.8 Å². The number of methoxy groups -OCH3 is 3. The van der Waals surface area contributed by atoms with Gasteiger partial charge in [-0.25, -0.2) is 4.79 Å². The van der Waals surface area contributed by atoms with Gasteiger partial charge in [-0.15, -0.1) is 11.8 Å². The second-order valence-corrected chi connectivity index (χ2v) is 11.1. The molecule has 0 radical (unpaired) electrons. The van der Waals surface area contributed by atoms with Crippen molar-refractivity contribution in [3.63, 3.8) is 0 Å². The number of nitrogens with zero attached hydrogens (tertiary/aromatic N) is 2. The average molecular weight is 561 g/mol. The van der Waals surface area contributed by atoms with E-state index in [0.29, 0.717) is 5.57 Å². The summed E-state index contributed by atoms with van der Waals surface area (Å²) in [5.74, 6) is -5.86. The molecule has 1 aromatic carbocycles. The monoisotopic (exact) mass is 560 g/mol. The Labute approximate surface area is 230 Å². The largest absolute Gasteiger partial charge is 0.469 e. The number of β-lactam (4-membered cyclic amide) rings is 1.